The smallest absolute Gasteiger partial charge is 0.0541 e. The minimum Gasteiger partial charge on any atom is -0.309 e. The minimum atomic E-state index is 0.542. The van der Waals surface area contributed by atoms with Crippen molar-refractivity contribution in [2.24, 2.45) is 0 Å². The number of aromatic nitrogens is 1. The molecule has 1 aromatic heterocycles. The van der Waals surface area contributed by atoms with E-state index in [9.17, 15) is 0 Å². The lowest BCUT2D eigenvalue weighted by atomic mass is 10.0. The van der Waals surface area contributed by atoms with E-state index >= 15 is 0 Å². The largest absolute Gasteiger partial charge is 0.309 e. The molecule has 0 amide bonds. The lowest BCUT2D eigenvalue weighted by Gasteiger charge is -2.09. The van der Waals surface area contributed by atoms with E-state index in [1.54, 1.807) is 0 Å². The summed E-state index contributed by atoms with van der Waals surface area (Å²) in [5.41, 5.74) is 6.46. The fourth-order valence-corrected chi connectivity index (χ4v) is 3.39. The summed E-state index contributed by atoms with van der Waals surface area (Å²) in [6, 6.07) is 24.3. The molecule has 114 valence electrons. The van der Waals surface area contributed by atoms with Gasteiger partial charge >= 0.3 is 0 Å². The van der Waals surface area contributed by atoms with Gasteiger partial charge in [-0.25, -0.2) is 0 Å². The fourth-order valence-electron chi connectivity index (χ4n) is 3.39. The van der Waals surface area contributed by atoms with E-state index in [1.807, 2.05) is 0 Å². The van der Waals surface area contributed by atoms with Gasteiger partial charge in [-0.1, -0.05) is 50.2 Å². The molecule has 0 unspecified atom stereocenters. The standard InChI is InChI=1S/C22H21N/c1-15(2)17-11-12-22-20(14-17)19-9-4-5-10-21(19)23(22)18-8-6-7-16(3)13-18/h4-15H,1-3H3. The predicted octanol–water partition coefficient (Wildman–Crippen LogP) is 6.22. The van der Waals surface area contributed by atoms with Gasteiger partial charge < -0.3 is 4.57 Å². The van der Waals surface area contributed by atoms with Gasteiger partial charge in [-0.05, 0) is 54.3 Å². The average molecular weight is 299 g/mol. The van der Waals surface area contributed by atoms with Crippen molar-refractivity contribution in [1.29, 1.82) is 0 Å². The number of nitrogens with zero attached hydrogens (tertiary/aromatic N) is 1. The molecular weight excluding hydrogens is 278 g/mol. The second-order valence-corrected chi connectivity index (χ2v) is 6.62. The van der Waals surface area contributed by atoms with Gasteiger partial charge in [0.05, 0.1) is 11.0 Å². The van der Waals surface area contributed by atoms with Crippen LogP contribution < -0.4 is 0 Å². The van der Waals surface area contributed by atoms with Crippen molar-refractivity contribution in [3.05, 3.63) is 77.9 Å². The summed E-state index contributed by atoms with van der Waals surface area (Å²) in [6.45, 7) is 6.65. The molecule has 1 heterocycles. The van der Waals surface area contributed by atoms with Crippen molar-refractivity contribution < 1.29 is 0 Å². The average Bonchev–Trinajstić information content (AvgIpc) is 2.88. The molecule has 0 radical (unpaired) electrons. The Bertz CT molecular complexity index is 1010. The molecule has 4 aromatic rings. The highest BCUT2D eigenvalue weighted by Crippen LogP contribution is 2.33. The van der Waals surface area contributed by atoms with E-state index in [1.165, 1.54) is 38.6 Å². The van der Waals surface area contributed by atoms with E-state index in [0.717, 1.165) is 0 Å². The molecule has 23 heavy (non-hydrogen) atoms. The number of benzene rings is 3. The molecule has 1 heteroatoms. The Hall–Kier alpha value is -2.54. The van der Waals surface area contributed by atoms with Crippen LogP contribution in [-0.4, -0.2) is 4.57 Å². The third-order valence-electron chi connectivity index (χ3n) is 4.62. The van der Waals surface area contributed by atoms with Gasteiger partial charge in [0.25, 0.3) is 0 Å². The number of hydrogen-bond acceptors (Lipinski definition) is 0. The van der Waals surface area contributed by atoms with Crippen LogP contribution in [-0.2, 0) is 0 Å². The Balaban J connectivity index is 2.13. The maximum atomic E-state index is 2.38. The molecule has 0 aliphatic carbocycles. The molecule has 0 bridgehead atoms. The maximum Gasteiger partial charge on any atom is 0.0541 e. The zero-order chi connectivity index (χ0) is 16.0. The topological polar surface area (TPSA) is 4.93 Å². The second-order valence-electron chi connectivity index (χ2n) is 6.62. The summed E-state index contributed by atoms with van der Waals surface area (Å²) in [4.78, 5) is 0. The van der Waals surface area contributed by atoms with Crippen LogP contribution in [0.4, 0.5) is 0 Å². The second kappa shape index (κ2) is 5.27. The zero-order valence-electron chi connectivity index (χ0n) is 13.9. The van der Waals surface area contributed by atoms with E-state index in [-0.39, 0.29) is 0 Å². The normalized spacial score (nSPS) is 11.7. The first-order chi connectivity index (χ1) is 11.1. The van der Waals surface area contributed by atoms with Crippen molar-refractivity contribution in [3.63, 3.8) is 0 Å². The summed E-state index contributed by atoms with van der Waals surface area (Å²) in [6.07, 6.45) is 0. The van der Waals surface area contributed by atoms with Crippen LogP contribution in [0, 0.1) is 6.92 Å². The van der Waals surface area contributed by atoms with E-state index < -0.39 is 0 Å². The molecule has 4 rings (SSSR count). The molecule has 0 aliphatic rings. The summed E-state index contributed by atoms with van der Waals surface area (Å²) >= 11 is 0. The van der Waals surface area contributed by atoms with Crippen LogP contribution in [0.3, 0.4) is 0 Å². The maximum absolute atomic E-state index is 2.38. The highest BCUT2D eigenvalue weighted by Gasteiger charge is 2.13. The highest BCUT2D eigenvalue weighted by molar-refractivity contribution is 6.09. The van der Waals surface area contributed by atoms with Gasteiger partial charge in [0, 0.05) is 16.5 Å². The third-order valence-corrected chi connectivity index (χ3v) is 4.62. The lowest BCUT2D eigenvalue weighted by molar-refractivity contribution is 0.868. The summed E-state index contributed by atoms with van der Waals surface area (Å²) in [5, 5.41) is 2.67. The molecule has 1 nitrogen and oxygen atoms in total. The van der Waals surface area contributed by atoms with Gasteiger partial charge in [0.15, 0.2) is 0 Å². The summed E-state index contributed by atoms with van der Waals surface area (Å²) in [7, 11) is 0. The van der Waals surface area contributed by atoms with Crippen molar-refractivity contribution in [2.45, 2.75) is 26.7 Å². The van der Waals surface area contributed by atoms with Crippen LogP contribution in [0.5, 0.6) is 0 Å². The van der Waals surface area contributed by atoms with E-state index in [4.69, 9.17) is 0 Å². The molecule has 0 saturated heterocycles. The Morgan fingerprint density at radius 2 is 1.52 bits per heavy atom. The van der Waals surface area contributed by atoms with Crippen LogP contribution in [0.15, 0.2) is 66.7 Å². The Morgan fingerprint density at radius 3 is 2.30 bits per heavy atom. The van der Waals surface area contributed by atoms with Crippen LogP contribution in [0.1, 0.15) is 30.9 Å². The number of rotatable bonds is 2. The number of fused-ring (bicyclic) bond motifs is 3. The number of aryl methyl sites for hydroxylation is 1. The molecule has 0 fully saturated rings. The van der Waals surface area contributed by atoms with Crippen molar-refractivity contribution >= 4 is 21.8 Å². The monoisotopic (exact) mass is 299 g/mol. The van der Waals surface area contributed by atoms with Crippen LogP contribution in [0.25, 0.3) is 27.5 Å². The van der Waals surface area contributed by atoms with E-state index in [2.05, 4.69) is 92.1 Å². The van der Waals surface area contributed by atoms with Gasteiger partial charge in [-0.15, -0.1) is 0 Å². The first-order valence-electron chi connectivity index (χ1n) is 8.25. The van der Waals surface area contributed by atoms with Crippen molar-refractivity contribution in [1.82, 2.24) is 4.57 Å². The molecule has 0 saturated carbocycles. The molecule has 0 atom stereocenters. The first kappa shape index (κ1) is 14.1. The number of para-hydroxylation sites is 1. The SMILES string of the molecule is Cc1cccc(-n2c3ccccc3c3cc(C(C)C)ccc32)c1. The van der Waals surface area contributed by atoms with Gasteiger partial charge in [0.1, 0.15) is 0 Å². The third kappa shape index (κ3) is 2.24. The Kier molecular flexibility index (Phi) is 3.23. The van der Waals surface area contributed by atoms with Gasteiger partial charge in [0.2, 0.25) is 0 Å². The molecular formula is C22H21N. The van der Waals surface area contributed by atoms with Crippen molar-refractivity contribution in [2.75, 3.05) is 0 Å². The van der Waals surface area contributed by atoms with Crippen molar-refractivity contribution in [3.8, 4) is 5.69 Å². The quantitative estimate of drug-likeness (QED) is 0.414. The number of hydrogen-bond donors (Lipinski definition) is 0. The predicted molar refractivity (Wildman–Crippen MR) is 99.6 cm³/mol. The van der Waals surface area contributed by atoms with E-state index in [0.29, 0.717) is 5.92 Å². The minimum absolute atomic E-state index is 0.542. The molecule has 0 spiro atoms. The lowest BCUT2D eigenvalue weighted by Crippen LogP contribution is -1.94. The summed E-state index contributed by atoms with van der Waals surface area (Å²) in [5.74, 6) is 0.542. The van der Waals surface area contributed by atoms with Crippen LogP contribution in [0.2, 0.25) is 0 Å². The molecule has 3 aromatic carbocycles. The summed E-state index contributed by atoms with van der Waals surface area (Å²) < 4.78 is 2.38. The molecule has 0 aliphatic heterocycles. The van der Waals surface area contributed by atoms with Gasteiger partial charge in [-0.2, -0.15) is 0 Å². The fraction of sp³-hybridized carbons (Fsp3) is 0.182. The Labute approximate surface area is 137 Å². The van der Waals surface area contributed by atoms with Gasteiger partial charge in [-0.3, -0.25) is 0 Å². The Morgan fingerprint density at radius 1 is 0.739 bits per heavy atom. The van der Waals surface area contributed by atoms with Crippen LogP contribution >= 0.6 is 0 Å². The first-order valence-corrected chi connectivity index (χ1v) is 8.25. The highest BCUT2D eigenvalue weighted by atomic mass is 15.0. The zero-order valence-corrected chi connectivity index (χ0v) is 13.9. The molecule has 0 N–H and O–H groups in total.